The maximum absolute atomic E-state index is 13.2. The lowest BCUT2D eigenvalue weighted by Gasteiger charge is -2.33. The maximum atomic E-state index is 13.2. The van der Waals surface area contributed by atoms with Gasteiger partial charge in [0.2, 0.25) is 5.91 Å². The first-order valence-corrected chi connectivity index (χ1v) is 9.50. The van der Waals surface area contributed by atoms with Crippen molar-refractivity contribution < 1.29 is 4.79 Å². The Bertz CT molecular complexity index is 979. The minimum Gasteiger partial charge on any atom is -0.336 e. The number of rotatable bonds is 2. The van der Waals surface area contributed by atoms with Crippen LogP contribution in [0, 0.1) is 0 Å². The number of fused-ring (bicyclic) bond motifs is 2. The highest BCUT2D eigenvalue weighted by atomic mass is 16.2. The summed E-state index contributed by atoms with van der Waals surface area (Å²) in [5.74, 6) is 0.190. The lowest BCUT2D eigenvalue weighted by molar-refractivity contribution is -0.134. The number of aromatic amines is 1. The smallest absolute Gasteiger partial charge is 0.240 e. The van der Waals surface area contributed by atoms with Gasteiger partial charge in [-0.1, -0.05) is 54.6 Å². The largest absolute Gasteiger partial charge is 0.336 e. The van der Waals surface area contributed by atoms with E-state index in [9.17, 15) is 4.79 Å². The first-order chi connectivity index (χ1) is 13.3. The number of benzene rings is 2. The van der Waals surface area contributed by atoms with E-state index in [-0.39, 0.29) is 11.9 Å². The van der Waals surface area contributed by atoms with Gasteiger partial charge in [0.15, 0.2) is 0 Å². The third-order valence-corrected chi connectivity index (χ3v) is 5.67. The fourth-order valence-corrected chi connectivity index (χ4v) is 4.17. The van der Waals surface area contributed by atoms with E-state index < -0.39 is 0 Å². The number of nitrogens with zero attached hydrogens (tertiary/aromatic N) is 2. The number of carbonyl (C=O) groups is 1. The van der Waals surface area contributed by atoms with Gasteiger partial charge in [-0.05, 0) is 17.5 Å². The summed E-state index contributed by atoms with van der Waals surface area (Å²) in [6.07, 6.45) is 1.58. The van der Waals surface area contributed by atoms with Gasteiger partial charge in [0, 0.05) is 42.9 Å². The van der Waals surface area contributed by atoms with E-state index in [1.165, 1.54) is 11.1 Å². The van der Waals surface area contributed by atoms with Gasteiger partial charge in [0.1, 0.15) is 0 Å². The van der Waals surface area contributed by atoms with Crippen LogP contribution in [0.15, 0.2) is 54.6 Å². The van der Waals surface area contributed by atoms with Crippen molar-refractivity contribution in [1.29, 1.82) is 0 Å². The molecule has 3 aromatic rings. The van der Waals surface area contributed by atoms with E-state index in [1.807, 2.05) is 23.1 Å². The van der Waals surface area contributed by atoms with Crippen LogP contribution in [-0.4, -0.2) is 33.6 Å². The lowest BCUT2D eigenvalue weighted by Crippen LogP contribution is -2.50. The molecule has 5 nitrogen and oxygen atoms in total. The molecule has 0 fully saturated rings. The summed E-state index contributed by atoms with van der Waals surface area (Å²) in [6, 6.07) is 18.4. The van der Waals surface area contributed by atoms with Crippen LogP contribution in [0.1, 0.15) is 22.4 Å². The minimum atomic E-state index is -0.145. The Morgan fingerprint density at radius 2 is 1.81 bits per heavy atom. The molecular formula is C22H22N4O. The van der Waals surface area contributed by atoms with Crippen molar-refractivity contribution in [3.8, 4) is 11.3 Å². The van der Waals surface area contributed by atoms with Crippen molar-refractivity contribution >= 4 is 5.91 Å². The molecule has 1 atom stereocenters. The average molecular weight is 358 g/mol. The van der Waals surface area contributed by atoms with E-state index in [4.69, 9.17) is 0 Å². The van der Waals surface area contributed by atoms with Gasteiger partial charge in [0.05, 0.1) is 11.7 Å². The molecule has 136 valence electrons. The third-order valence-electron chi connectivity index (χ3n) is 5.67. The number of carbonyl (C=O) groups excluding carboxylic acids is 1. The Morgan fingerprint density at radius 1 is 1.04 bits per heavy atom. The minimum absolute atomic E-state index is 0.145. The molecule has 0 unspecified atom stereocenters. The zero-order valence-electron chi connectivity index (χ0n) is 15.1. The number of H-pyrrole nitrogens is 1. The van der Waals surface area contributed by atoms with Crippen molar-refractivity contribution in [3.63, 3.8) is 0 Å². The van der Waals surface area contributed by atoms with Crippen molar-refractivity contribution in [2.75, 3.05) is 6.54 Å². The SMILES string of the molecule is O=C([C@H]1Cc2ccccc2CN1)N1CCc2[nH]nc(-c3ccccc3)c2C1. The Morgan fingerprint density at radius 3 is 2.67 bits per heavy atom. The highest BCUT2D eigenvalue weighted by Crippen LogP contribution is 2.29. The van der Waals surface area contributed by atoms with Crippen molar-refractivity contribution in [1.82, 2.24) is 20.4 Å². The van der Waals surface area contributed by atoms with Gasteiger partial charge < -0.3 is 10.2 Å². The van der Waals surface area contributed by atoms with Crippen LogP contribution in [0.3, 0.4) is 0 Å². The van der Waals surface area contributed by atoms with E-state index in [2.05, 4.69) is 51.9 Å². The average Bonchev–Trinajstić information content (AvgIpc) is 3.17. The molecule has 1 amide bonds. The Balaban J connectivity index is 1.37. The molecule has 0 bridgehead atoms. The molecule has 2 aromatic carbocycles. The van der Waals surface area contributed by atoms with Crippen molar-refractivity contribution in [3.05, 3.63) is 77.0 Å². The monoisotopic (exact) mass is 358 g/mol. The fraction of sp³-hybridized carbons (Fsp3) is 0.273. The predicted octanol–water partition coefficient (Wildman–Crippen LogP) is 2.68. The van der Waals surface area contributed by atoms with Gasteiger partial charge in [-0.25, -0.2) is 0 Å². The number of aromatic nitrogens is 2. The molecule has 1 aromatic heterocycles. The Labute approximate surface area is 158 Å². The summed E-state index contributed by atoms with van der Waals surface area (Å²) >= 11 is 0. The molecule has 0 saturated carbocycles. The predicted molar refractivity (Wildman–Crippen MR) is 104 cm³/mol. The van der Waals surface area contributed by atoms with Crippen molar-refractivity contribution in [2.24, 2.45) is 0 Å². The van der Waals surface area contributed by atoms with Crippen LogP contribution in [0.2, 0.25) is 0 Å². The topological polar surface area (TPSA) is 61.0 Å². The standard InChI is InChI=1S/C22H22N4O/c27-22(20-12-16-8-4-5-9-17(16)13-23-20)26-11-10-19-18(14-26)21(25-24-19)15-6-2-1-3-7-15/h1-9,20,23H,10-14H2,(H,24,25)/t20-/m1/s1. The van der Waals surface area contributed by atoms with E-state index in [1.54, 1.807) is 0 Å². The van der Waals surface area contributed by atoms with Crippen LogP contribution in [-0.2, 0) is 30.7 Å². The molecule has 2 N–H and O–H groups in total. The maximum Gasteiger partial charge on any atom is 0.240 e. The summed E-state index contributed by atoms with van der Waals surface area (Å²) in [5, 5.41) is 11.1. The first-order valence-electron chi connectivity index (χ1n) is 9.50. The van der Waals surface area contributed by atoms with Crippen LogP contribution in [0.5, 0.6) is 0 Å². The normalized spacial score (nSPS) is 18.7. The second-order valence-corrected chi connectivity index (χ2v) is 7.31. The summed E-state index contributed by atoms with van der Waals surface area (Å²) in [5.41, 5.74) is 6.93. The molecular weight excluding hydrogens is 336 g/mol. The Kier molecular flexibility index (Phi) is 4.02. The Hall–Kier alpha value is -2.92. The molecule has 0 saturated heterocycles. The zero-order chi connectivity index (χ0) is 18.2. The van der Waals surface area contributed by atoms with Crippen LogP contribution in [0.4, 0.5) is 0 Å². The second-order valence-electron chi connectivity index (χ2n) is 7.31. The highest BCUT2D eigenvalue weighted by molar-refractivity contribution is 5.83. The zero-order valence-corrected chi connectivity index (χ0v) is 15.1. The second kappa shape index (κ2) is 6.67. The van der Waals surface area contributed by atoms with Gasteiger partial charge in [-0.2, -0.15) is 5.10 Å². The molecule has 0 radical (unpaired) electrons. The number of hydrogen-bond acceptors (Lipinski definition) is 3. The highest BCUT2D eigenvalue weighted by Gasteiger charge is 2.31. The van der Waals surface area contributed by atoms with E-state index in [0.717, 1.165) is 48.4 Å². The molecule has 0 spiro atoms. The van der Waals surface area contributed by atoms with E-state index >= 15 is 0 Å². The number of amides is 1. The molecule has 2 aliphatic heterocycles. The van der Waals surface area contributed by atoms with E-state index in [0.29, 0.717) is 6.54 Å². The first kappa shape index (κ1) is 16.3. The van der Waals surface area contributed by atoms with Crippen LogP contribution in [0.25, 0.3) is 11.3 Å². The fourth-order valence-electron chi connectivity index (χ4n) is 4.17. The molecule has 5 rings (SSSR count). The molecule has 0 aliphatic carbocycles. The third kappa shape index (κ3) is 2.94. The van der Waals surface area contributed by atoms with Crippen LogP contribution >= 0.6 is 0 Å². The number of hydrogen-bond donors (Lipinski definition) is 2. The molecule has 27 heavy (non-hydrogen) atoms. The summed E-state index contributed by atoms with van der Waals surface area (Å²) in [4.78, 5) is 15.2. The molecule has 2 aliphatic rings. The summed E-state index contributed by atoms with van der Waals surface area (Å²) < 4.78 is 0. The molecule has 5 heteroatoms. The summed E-state index contributed by atoms with van der Waals surface area (Å²) in [7, 11) is 0. The number of nitrogens with one attached hydrogen (secondary N) is 2. The lowest BCUT2D eigenvalue weighted by atomic mass is 9.94. The van der Waals surface area contributed by atoms with Crippen molar-refractivity contribution in [2.45, 2.75) is 32.0 Å². The van der Waals surface area contributed by atoms with Gasteiger partial charge >= 0.3 is 0 Å². The van der Waals surface area contributed by atoms with Crippen LogP contribution < -0.4 is 5.32 Å². The van der Waals surface area contributed by atoms with Gasteiger partial charge in [0.25, 0.3) is 0 Å². The van der Waals surface area contributed by atoms with Gasteiger partial charge in [-0.15, -0.1) is 0 Å². The summed E-state index contributed by atoms with van der Waals surface area (Å²) in [6.45, 7) is 2.11. The molecule has 3 heterocycles. The quantitative estimate of drug-likeness (QED) is 0.740. The van der Waals surface area contributed by atoms with Gasteiger partial charge in [-0.3, -0.25) is 9.89 Å².